The molecule has 0 saturated carbocycles. The minimum absolute atomic E-state index is 0.0159. The third-order valence-corrected chi connectivity index (χ3v) is 4.73. The second kappa shape index (κ2) is 6.43. The van der Waals surface area contributed by atoms with Crippen molar-refractivity contribution in [1.82, 2.24) is 9.88 Å². The minimum Gasteiger partial charge on any atom is -0.389 e. The van der Waals surface area contributed by atoms with Crippen LogP contribution in [-0.2, 0) is 11.3 Å². The number of ether oxygens (including phenoxy) is 1. The molecule has 2 atom stereocenters. The Bertz CT molecular complexity index is 769. The number of aromatic amines is 1. The van der Waals surface area contributed by atoms with Crippen molar-refractivity contribution in [1.29, 1.82) is 0 Å². The first-order valence-corrected chi connectivity index (χ1v) is 8.13. The van der Waals surface area contributed by atoms with Gasteiger partial charge in [0.25, 0.3) is 0 Å². The number of nitrogens with one attached hydrogen (secondary N) is 1. The fourth-order valence-electron chi connectivity index (χ4n) is 3.36. The predicted molar refractivity (Wildman–Crippen MR) is 90.7 cm³/mol. The van der Waals surface area contributed by atoms with Crippen LogP contribution in [0.1, 0.15) is 23.7 Å². The second-order valence-electron chi connectivity index (χ2n) is 6.34. The van der Waals surface area contributed by atoms with Gasteiger partial charge in [0.05, 0.1) is 30.9 Å². The topological polar surface area (TPSA) is 65.6 Å². The van der Waals surface area contributed by atoms with E-state index in [4.69, 9.17) is 4.74 Å². The van der Waals surface area contributed by atoms with E-state index in [1.807, 2.05) is 26.0 Å². The van der Waals surface area contributed by atoms with Crippen LogP contribution in [0.2, 0.25) is 0 Å². The second-order valence-corrected chi connectivity index (χ2v) is 6.34. The summed E-state index contributed by atoms with van der Waals surface area (Å²) in [4.78, 5) is 18.1. The zero-order valence-electron chi connectivity index (χ0n) is 13.9. The van der Waals surface area contributed by atoms with Crippen LogP contribution in [0.25, 0.3) is 10.9 Å². The Labute approximate surface area is 135 Å². The SMILES string of the molecule is CCN(Cc1cc(=O)c2c(C)ccc(C)c2[nH]1)[C@@H]1COC[C@H]1O. The number of aliphatic hydroxyl groups excluding tert-OH is 1. The summed E-state index contributed by atoms with van der Waals surface area (Å²) in [6.07, 6.45) is -0.467. The van der Waals surface area contributed by atoms with Gasteiger partial charge in [-0.1, -0.05) is 19.1 Å². The summed E-state index contributed by atoms with van der Waals surface area (Å²) in [5.41, 5.74) is 3.89. The van der Waals surface area contributed by atoms with E-state index in [-0.39, 0.29) is 11.5 Å². The van der Waals surface area contributed by atoms with Gasteiger partial charge >= 0.3 is 0 Å². The van der Waals surface area contributed by atoms with Crippen LogP contribution in [0.5, 0.6) is 0 Å². The lowest BCUT2D eigenvalue weighted by Crippen LogP contribution is -2.42. The summed E-state index contributed by atoms with van der Waals surface area (Å²) in [5.74, 6) is 0. The molecule has 1 aromatic heterocycles. The summed E-state index contributed by atoms with van der Waals surface area (Å²) in [7, 11) is 0. The van der Waals surface area contributed by atoms with Crippen LogP contribution in [0.4, 0.5) is 0 Å². The zero-order valence-corrected chi connectivity index (χ0v) is 13.9. The average Bonchev–Trinajstić information content (AvgIpc) is 2.94. The van der Waals surface area contributed by atoms with Crippen molar-refractivity contribution < 1.29 is 9.84 Å². The van der Waals surface area contributed by atoms with Crippen molar-refractivity contribution >= 4 is 10.9 Å². The number of H-pyrrole nitrogens is 1. The van der Waals surface area contributed by atoms with Crippen molar-refractivity contribution in [2.45, 2.75) is 39.5 Å². The number of nitrogens with zero attached hydrogens (tertiary/aromatic N) is 1. The molecule has 0 radical (unpaired) electrons. The largest absolute Gasteiger partial charge is 0.389 e. The molecular weight excluding hydrogens is 292 g/mol. The van der Waals surface area contributed by atoms with Crippen LogP contribution in [0.15, 0.2) is 23.0 Å². The minimum atomic E-state index is -0.467. The molecule has 1 aliphatic rings. The highest BCUT2D eigenvalue weighted by molar-refractivity contribution is 5.84. The van der Waals surface area contributed by atoms with Gasteiger partial charge in [-0.15, -0.1) is 0 Å². The third kappa shape index (κ3) is 3.04. The first-order valence-electron chi connectivity index (χ1n) is 8.13. The number of aromatic nitrogens is 1. The Hall–Kier alpha value is -1.69. The van der Waals surface area contributed by atoms with Gasteiger partial charge in [0.2, 0.25) is 0 Å². The number of fused-ring (bicyclic) bond motifs is 1. The highest BCUT2D eigenvalue weighted by atomic mass is 16.5. The van der Waals surface area contributed by atoms with Crippen LogP contribution in [0.3, 0.4) is 0 Å². The molecule has 1 fully saturated rings. The van der Waals surface area contributed by atoms with Gasteiger partial charge < -0.3 is 14.8 Å². The molecule has 0 spiro atoms. The van der Waals surface area contributed by atoms with Crippen molar-refractivity contribution in [2.24, 2.45) is 0 Å². The maximum Gasteiger partial charge on any atom is 0.189 e. The predicted octanol–water partition coefficient (Wildman–Crippen LogP) is 1.73. The first kappa shape index (κ1) is 16.2. The Morgan fingerprint density at radius 2 is 2.04 bits per heavy atom. The molecule has 23 heavy (non-hydrogen) atoms. The number of hydrogen-bond donors (Lipinski definition) is 2. The summed E-state index contributed by atoms with van der Waals surface area (Å²) < 4.78 is 5.36. The number of aliphatic hydroxyl groups is 1. The highest BCUT2D eigenvalue weighted by Crippen LogP contribution is 2.19. The molecule has 1 aliphatic heterocycles. The zero-order chi connectivity index (χ0) is 16.6. The number of likely N-dealkylation sites (N-methyl/N-ethyl adjacent to an activating group) is 1. The van der Waals surface area contributed by atoms with E-state index in [0.717, 1.165) is 34.3 Å². The van der Waals surface area contributed by atoms with Gasteiger partial charge in [0.15, 0.2) is 5.43 Å². The number of benzene rings is 1. The maximum absolute atomic E-state index is 12.5. The number of pyridine rings is 1. The molecule has 5 nitrogen and oxygen atoms in total. The monoisotopic (exact) mass is 316 g/mol. The van der Waals surface area contributed by atoms with Gasteiger partial charge in [-0.3, -0.25) is 9.69 Å². The third-order valence-electron chi connectivity index (χ3n) is 4.73. The maximum atomic E-state index is 12.5. The number of rotatable bonds is 4. The van der Waals surface area contributed by atoms with Crippen LogP contribution < -0.4 is 5.43 Å². The molecule has 0 bridgehead atoms. The van der Waals surface area contributed by atoms with Crippen molar-refractivity contribution in [3.8, 4) is 0 Å². The molecule has 1 aromatic carbocycles. The van der Waals surface area contributed by atoms with Crippen LogP contribution >= 0.6 is 0 Å². The van der Waals surface area contributed by atoms with Crippen molar-refractivity contribution in [2.75, 3.05) is 19.8 Å². The van der Waals surface area contributed by atoms with E-state index in [1.165, 1.54) is 0 Å². The van der Waals surface area contributed by atoms with Crippen molar-refractivity contribution in [3.63, 3.8) is 0 Å². The van der Waals surface area contributed by atoms with E-state index in [1.54, 1.807) is 6.07 Å². The van der Waals surface area contributed by atoms with E-state index in [9.17, 15) is 9.90 Å². The van der Waals surface area contributed by atoms with Gasteiger partial charge in [0, 0.05) is 23.7 Å². The summed E-state index contributed by atoms with van der Waals surface area (Å²) in [6.45, 7) is 8.32. The summed E-state index contributed by atoms with van der Waals surface area (Å²) in [6, 6.07) is 5.68. The molecule has 0 amide bonds. The molecular formula is C18H24N2O3. The lowest BCUT2D eigenvalue weighted by atomic mass is 10.0. The highest BCUT2D eigenvalue weighted by Gasteiger charge is 2.31. The van der Waals surface area contributed by atoms with Crippen LogP contribution in [-0.4, -0.2) is 46.9 Å². The Kier molecular flexibility index (Phi) is 4.53. The Morgan fingerprint density at radius 1 is 1.30 bits per heavy atom. The number of hydrogen-bond acceptors (Lipinski definition) is 4. The number of aryl methyl sites for hydroxylation is 2. The van der Waals surface area contributed by atoms with Gasteiger partial charge in [-0.25, -0.2) is 0 Å². The molecule has 2 heterocycles. The van der Waals surface area contributed by atoms with E-state index in [2.05, 4.69) is 16.8 Å². The van der Waals surface area contributed by atoms with E-state index >= 15 is 0 Å². The fourth-order valence-corrected chi connectivity index (χ4v) is 3.36. The van der Waals surface area contributed by atoms with Crippen molar-refractivity contribution in [3.05, 3.63) is 45.2 Å². The first-order chi connectivity index (χ1) is 11.0. The van der Waals surface area contributed by atoms with E-state index in [0.29, 0.717) is 19.8 Å². The van der Waals surface area contributed by atoms with Gasteiger partial charge in [-0.05, 0) is 31.5 Å². The molecule has 1 saturated heterocycles. The molecule has 0 unspecified atom stereocenters. The van der Waals surface area contributed by atoms with E-state index < -0.39 is 6.10 Å². The fraction of sp³-hybridized carbons (Fsp3) is 0.500. The lowest BCUT2D eigenvalue weighted by Gasteiger charge is -2.28. The summed E-state index contributed by atoms with van der Waals surface area (Å²) in [5, 5.41) is 10.8. The molecule has 2 aromatic rings. The lowest BCUT2D eigenvalue weighted by molar-refractivity contribution is 0.0802. The molecule has 124 valence electrons. The molecule has 3 rings (SSSR count). The quantitative estimate of drug-likeness (QED) is 0.901. The smallest absolute Gasteiger partial charge is 0.189 e. The average molecular weight is 316 g/mol. The van der Waals surface area contributed by atoms with Gasteiger partial charge in [-0.2, -0.15) is 0 Å². The normalized spacial score (nSPS) is 21.4. The Balaban J connectivity index is 1.97. The standard InChI is InChI=1S/C18H24N2O3/c1-4-20(14-9-23-10-16(14)22)8-13-7-15(21)17-11(2)5-6-12(3)18(17)19-13/h5-7,14,16,22H,4,8-10H2,1-3H3,(H,19,21)/t14-,16-/m1/s1. The molecule has 2 N–H and O–H groups in total. The van der Waals surface area contributed by atoms with Gasteiger partial charge in [0.1, 0.15) is 0 Å². The van der Waals surface area contributed by atoms with Crippen LogP contribution in [0, 0.1) is 13.8 Å². The molecule has 5 heteroatoms. The Morgan fingerprint density at radius 3 is 2.70 bits per heavy atom. The molecule has 0 aliphatic carbocycles. The summed E-state index contributed by atoms with van der Waals surface area (Å²) >= 11 is 0.